The Bertz CT molecular complexity index is 638. The van der Waals surface area contributed by atoms with Gasteiger partial charge in [0.2, 0.25) is 0 Å². The molecular weight excluding hydrogens is 302 g/mol. The zero-order valence-corrected chi connectivity index (χ0v) is 12.3. The maximum Gasteiger partial charge on any atom is 0.251 e. The van der Waals surface area contributed by atoms with Gasteiger partial charge in [-0.3, -0.25) is 4.79 Å². The van der Waals surface area contributed by atoms with Gasteiger partial charge in [0.15, 0.2) is 9.84 Å². The van der Waals surface area contributed by atoms with Gasteiger partial charge in [0.1, 0.15) is 17.3 Å². The lowest BCUT2D eigenvalue weighted by Crippen LogP contribution is -2.35. The summed E-state index contributed by atoms with van der Waals surface area (Å²) in [6, 6.07) is 1.35. The summed E-state index contributed by atoms with van der Waals surface area (Å²) in [6.07, 6.45) is 0.314. The third-order valence-corrected chi connectivity index (χ3v) is 4.99. The molecule has 2 N–H and O–H groups in total. The monoisotopic (exact) mass is 318 g/mol. The van der Waals surface area contributed by atoms with E-state index in [1.54, 1.807) is 6.92 Å². The molecule has 1 aliphatic rings. The van der Waals surface area contributed by atoms with Crippen molar-refractivity contribution in [3.8, 4) is 0 Å². The molecule has 0 aliphatic carbocycles. The van der Waals surface area contributed by atoms with Crippen molar-refractivity contribution in [3.63, 3.8) is 0 Å². The van der Waals surface area contributed by atoms with E-state index in [1.165, 1.54) is 0 Å². The molecule has 5 nitrogen and oxygen atoms in total. The molecule has 1 aromatic carbocycles. The van der Waals surface area contributed by atoms with Gasteiger partial charge in [-0.25, -0.2) is 17.2 Å². The number of sulfone groups is 1. The lowest BCUT2D eigenvalue weighted by molar-refractivity contribution is 0.0940. The number of nitrogens with one attached hydrogen (secondary N) is 2. The normalized spacial score (nSPS) is 20.2. The molecule has 0 aromatic heterocycles. The molecule has 1 aromatic rings. The fraction of sp³-hybridized carbons (Fsp3) is 0.462. The second-order valence-corrected chi connectivity index (χ2v) is 7.15. The van der Waals surface area contributed by atoms with Gasteiger partial charge < -0.3 is 10.6 Å². The van der Waals surface area contributed by atoms with E-state index in [4.69, 9.17) is 0 Å². The number of halogens is 2. The van der Waals surface area contributed by atoms with Crippen LogP contribution in [0.5, 0.6) is 0 Å². The number of hydrogen-bond donors (Lipinski definition) is 2. The number of benzene rings is 1. The number of amides is 1. The SMILES string of the molecule is CCNc1c(F)cc(C(=O)NC2CCS(=O)(=O)C2)cc1F. The van der Waals surface area contributed by atoms with E-state index in [0.29, 0.717) is 13.0 Å². The molecular formula is C13H16F2N2O3S. The summed E-state index contributed by atoms with van der Waals surface area (Å²) in [5.41, 5.74) is -0.451. The number of hydrogen-bond acceptors (Lipinski definition) is 4. The van der Waals surface area contributed by atoms with Crippen molar-refractivity contribution in [2.75, 3.05) is 23.4 Å². The molecule has 1 heterocycles. The molecule has 0 saturated carbocycles. The second kappa shape index (κ2) is 5.97. The fourth-order valence-corrected chi connectivity index (χ4v) is 3.90. The number of carbonyl (C=O) groups is 1. The van der Waals surface area contributed by atoms with Gasteiger partial charge in [-0.1, -0.05) is 0 Å². The lowest BCUT2D eigenvalue weighted by Gasteiger charge is -2.12. The summed E-state index contributed by atoms with van der Waals surface area (Å²) in [5.74, 6) is -2.53. The minimum absolute atomic E-state index is 0.0139. The van der Waals surface area contributed by atoms with Crippen molar-refractivity contribution in [2.24, 2.45) is 0 Å². The molecule has 1 unspecified atom stereocenters. The average Bonchev–Trinajstić information content (AvgIpc) is 2.72. The topological polar surface area (TPSA) is 75.3 Å². The Hall–Kier alpha value is -1.70. The van der Waals surface area contributed by atoms with Gasteiger partial charge in [-0.05, 0) is 25.5 Å². The Labute approximate surface area is 121 Å². The molecule has 1 aliphatic heterocycles. The number of rotatable bonds is 4. The summed E-state index contributed by atoms with van der Waals surface area (Å²) in [7, 11) is -3.13. The van der Waals surface area contributed by atoms with Crippen LogP contribution in [0.2, 0.25) is 0 Å². The standard InChI is InChI=1S/C13H16F2N2O3S/c1-2-16-12-10(14)5-8(6-11(12)15)13(18)17-9-3-4-21(19,20)7-9/h5-6,9,16H,2-4,7H2,1H3,(H,17,18). The van der Waals surface area contributed by atoms with Crippen LogP contribution in [0.4, 0.5) is 14.5 Å². The Morgan fingerprint density at radius 3 is 2.43 bits per heavy atom. The van der Waals surface area contributed by atoms with Crippen molar-refractivity contribution in [1.82, 2.24) is 5.32 Å². The van der Waals surface area contributed by atoms with E-state index >= 15 is 0 Å². The Balaban J connectivity index is 2.13. The van der Waals surface area contributed by atoms with Crippen LogP contribution in [0.3, 0.4) is 0 Å². The Morgan fingerprint density at radius 1 is 1.33 bits per heavy atom. The first-order valence-corrected chi connectivity index (χ1v) is 8.38. The van der Waals surface area contributed by atoms with E-state index in [0.717, 1.165) is 12.1 Å². The van der Waals surface area contributed by atoms with E-state index in [9.17, 15) is 22.0 Å². The van der Waals surface area contributed by atoms with Gasteiger partial charge in [-0.2, -0.15) is 0 Å². The largest absolute Gasteiger partial charge is 0.381 e. The van der Waals surface area contributed by atoms with Crippen molar-refractivity contribution in [1.29, 1.82) is 0 Å². The third-order valence-electron chi connectivity index (χ3n) is 3.23. The summed E-state index contributed by atoms with van der Waals surface area (Å²) in [5, 5.41) is 5.02. The smallest absolute Gasteiger partial charge is 0.251 e. The molecule has 1 fully saturated rings. The zero-order valence-electron chi connectivity index (χ0n) is 11.4. The highest BCUT2D eigenvalue weighted by Gasteiger charge is 2.29. The van der Waals surface area contributed by atoms with Crippen LogP contribution in [0.25, 0.3) is 0 Å². The van der Waals surface area contributed by atoms with Crippen molar-refractivity contribution in [2.45, 2.75) is 19.4 Å². The second-order valence-electron chi connectivity index (χ2n) is 4.92. The molecule has 1 atom stereocenters. The van der Waals surface area contributed by atoms with Gasteiger partial charge in [0.05, 0.1) is 11.5 Å². The first kappa shape index (κ1) is 15.7. The fourth-order valence-electron chi connectivity index (χ4n) is 2.23. The highest BCUT2D eigenvalue weighted by Crippen LogP contribution is 2.21. The maximum atomic E-state index is 13.7. The van der Waals surface area contributed by atoms with Gasteiger partial charge in [0.25, 0.3) is 5.91 Å². The van der Waals surface area contributed by atoms with Crippen LogP contribution in [-0.2, 0) is 9.84 Å². The van der Waals surface area contributed by atoms with Gasteiger partial charge in [0, 0.05) is 18.2 Å². The highest BCUT2D eigenvalue weighted by atomic mass is 32.2. The van der Waals surface area contributed by atoms with Crippen LogP contribution in [-0.4, -0.2) is 38.4 Å². The molecule has 21 heavy (non-hydrogen) atoms. The van der Waals surface area contributed by atoms with Crippen molar-refractivity contribution >= 4 is 21.4 Å². The Morgan fingerprint density at radius 2 is 1.95 bits per heavy atom. The van der Waals surface area contributed by atoms with Crippen LogP contribution in [0.1, 0.15) is 23.7 Å². The van der Waals surface area contributed by atoms with Crippen molar-refractivity contribution < 1.29 is 22.0 Å². The molecule has 1 saturated heterocycles. The quantitative estimate of drug-likeness (QED) is 0.878. The summed E-state index contributed by atoms with van der Waals surface area (Å²) >= 11 is 0. The first-order valence-electron chi connectivity index (χ1n) is 6.56. The third kappa shape index (κ3) is 3.69. The number of anilines is 1. The molecule has 0 bridgehead atoms. The molecule has 8 heteroatoms. The van der Waals surface area contributed by atoms with Crippen LogP contribution >= 0.6 is 0 Å². The maximum absolute atomic E-state index is 13.7. The van der Waals surface area contributed by atoms with E-state index in [1.807, 2.05) is 0 Å². The highest BCUT2D eigenvalue weighted by molar-refractivity contribution is 7.91. The summed E-state index contributed by atoms with van der Waals surface area (Å²) in [6.45, 7) is 2.04. The first-order chi connectivity index (χ1) is 9.82. The number of carbonyl (C=O) groups excluding carboxylic acids is 1. The van der Waals surface area contributed by atoms with Crippen molar-refractivity contribution in [3.05, 3.63) is 29.3 Å². The summed E-state index contributed by atoms with van der Waals surface area (Å²) in [4.78, 5) is 11.9. The van der Waals surface area contributed by atoms with Crippen LogP contribution < -0.4 is 10.6 Å². The predicted octanol–water partition coefficient (Wildman–Crippen LogP) is 1.31. The Kier molecular flexibility index (Phi) is 4.46. The van der Waals surface area contributed by atoms with Crippen LogP contribution in [0, 0.1) is 11.6 Å². The van der Waals surface area contributed by atoms with Crippen LogP contribution in [0.15, 0.2) is 12.1 Å². The lowest BCUT2D eigenvalue weighted by atomic mass is 10.1. The molecule has 0 radical (unpaired) electrons. The average molecular weight is 318 g/mol. The van der Waals surface area contributed by atoms with E-state index < -0.39 is 33.4 Å². The minimum atomic E-state index is -3.13. The minimum Gasteiger partial charge on any atom is -0.381 e. The molecule has 2 rings (SSSR count). The molecule has 0 spiro atoms. The molecule has 116 valence electrons. The van der Waals surface area contributed by atoms with E-state index in [2.05, 4.69) is 10.6 Å². The molecule has 1 amide bonds. The van der Waals surface area contributed by atoms with Gasteiger partial charge in [-0.15, -0.1) is 0 Å². The predicted molar refractivity (Wildman–Crippen MR) is 75.0 cm³/mol. The van der Waals surface area contributed by atoms with E-state index in [-0.39, 0.29) is 22.8 Å². The van der Waals surface area contributed by atoms with Gasteiger partial charge >= 0.3 is 0 Å². The summed E-state index contributed by atoms with van der Waals surface area (Å²) < 4.78 is 50.0. The zero-order chi connectivity index (χ0) is 15.6.